The van der Waals surface area contributed by atoms with Crippen molar-refractivity contribution in [1.29, 1.82) is 0 Å². The highest BCUT2D eigenvalue weighted by molar-refractivity contribution is 7.19. The minimum absolute atomic E-state index is 1.00. The van der Waals surface area contributed by atoms with Crippen molar-refractivity contribution in [3.63, 3.8) is 0 Å². The number of hydrogen-bond acceptors (Lipinski definition) is 6. The van der Waals surface area contributed by atoms with Crippen LogP contribution in [0.15, 0.2) is 255 Å². The molecule has 0 saturated heterocycles. The third kappa shape index (κ3) is 8.59. The molecular formula is C60H42N4S2. The van der Waals surface area contributed by atoms with Gasteiger partial charge in [-0.1, -0.05) is 133 Å². The van der Waals surface area contributed by atoms with Crippen LogP contribution in [0.3, 0.4) is 0 Å². The quantitative estimate of drug-likeness (QED) is 0.122. The lowest BCUT2D eigenvalue weighted by Gasteiger charge is -2.25. The summed E-state index contributed by atoms with van der Waals surface area (Å²) in [5, 5.41) is 0. The lowest BCUT2D eigenvalue weighted by Crippen LogP contribution is -2.10. The molecule has 0 fully saturated rings. The van der Waals surface area contributed by atoms with E-state index in [9.17, 15) is 0 Å². The fourth-order valence-electron chi connectivity index (χ4n) is 8.38. The van der Waals surface area contributed by atoms with E-state index in [1.807, 2.05) is 59.6 Å². The van der Waals surface area contributed by atoms with Gasteiger partial charge in [-0.2, -0.15) is 0 Å². The minimum atomic E-state index is 1.00. The Labute approximate surface area is 393 Å². The lowest BCUT2D eigenvalue weighted by atomic mass is 9.99. The van der Waals surface area contributed by atoms with Gasteiger partial charge in [-0.25, -0.2) is 0 Å². The van der Waals surface area contributed by atoms with Gasteiger partial charge in [0.05, 0.1) is 23.8 Å². The van der Waals surface area contributed by atoms with Crippen LogP contribution in [-0.4, -0.2) is 9.97 Å². The zero-order valence-electron chi connectivity index (χ0n) is 35.9. The Balaban J connectivity index is 0.806. The van der Waals surface area contributed by atoms with Crippen LogP contribution in [0.25, 0.3) is 64.0 Å². The second-order valence-corrected chi connectivity index (χ2v) is 18.1. The highest BCUT2D eigenvalue weighted by atomic mass is 32.1. The second-order valence-electron chi connectivity index (χ2n) is 15.9. The molecule has 4 aromatic heterocycles. The number of aromatic nitrogens is 2. The number of anilines is 6. The van der Waals surface area contributed by atoms with Crippen LogP contribution in [0.4, 0.5) is 34.1 Å². The average Bonchev–Trinajstić information content (AvgIpc) is 4.11. The average molecular weight is 883 g/mol. The fourth-order valence-corrected chi connectivity index (χ4v) is 10.4. The Morgan fingerprint density at radius 3 is 0.788 bits per heavy atom. The molecule has 0 unspecified atom stereocenters. The van der Waals surface area contributed by atoms with Crippen molar-refractivity contribution in [3.8, 4) is 64.0 Å². The molecule has 0 saturated carbocycles. The summed E-state index contributed by atoms with van der Waals surface area (Å²) in [5.74, 6) is 0. The zero-order valence-corrected chi connectivity index (χ0v) is 37.5. The molecule has 66 heavy (non-hydrogen) atoms. The first-order chi connectivity index (χ1) is 32.7. The largest absolute Gasteiger partial charge is 0.309 e. The summed E-state index contributed by atoms with van der Waals surface area (Å²) >= 11 is 3.64. The van der Waals surface area contributed by atoms with Crippen LogP contribution < -0.4 is 9.80 Å². The van der Waals surface area contributed by atoms with E-state index in [1.54, 1.807) is 0 Å². The summed E-state index contributed by atoms with van der Waals surface area (Å²) in [6, 6.07) is 82.3. The Morgan fingerprint density at radius 2 is 0.500 bits per heavy atom. The van der Waals surface area contributed by atoms with Gasteiger partial charge >= 0.3 is 0 Å². The van der Waals surface area contributed by atoms with E-state index in [0.29, 0.717) is 0 Å². The van der Waals surface area contributed by atoms with Gasteiger partial charge in [0.2, 0.25) is 0 Å². The van der Waals surface area contributed by atoms with Crippen LogP contribution in [0.2, 0.25) is 0 Å². The van der Waals surface area contributed by atoms with E-state index in [-0.39, 0.29) is 0 Å². The molecule has 11 aromatic rings. The molecule has 4 heterocycles. The molecule has 4 nitrogen and oxygen atoms in total. The molecular weight excluding hydrogens is 841 g/mol. The van der Waals surface area contributed by atoms with E-state index >= 15 is 0 Å². The molecule has 0 N–H and O–H groups in total. The Hall–Kier alpha value is -8.16. The Morgan fingerprint density at radius 1 is 0.227 bits per heavy atom. The third-order valence-electron chi connectivity index (χ3n) is 11.8. The van der Waals surface area contributed by atoms with Gasteiger partial charge in [0.15, 0.2) is 0 Å². The minimum Gasteiger partial charge on any atom is -0.309 e. The number of pyridine rings is 2. The summed E-state index contributed by atoms with van der Waals surface area (Å²) in [6.07, 6.45) is 7.47. The molecule has 0 aliphatic carbocycles. The smallest absolute Gasteiger partial charge is 0.0644 e. The summed E-state index contributed by atoms with van der Waals surface area (Å²) in [7, 11) is 0. The lowest BCUT2D eigenvalue weighted by molar-refractivity contribution is 1.23. The van der Waals surface area contributed by atoms with Crippen LogP contribution in [0.5, 0.6) is 0 Å². The van der Waals surface area contributed by atoms with Crippen LogP contribution in [0, 0.1) is 0 Å². The number of hydrogen-bond donors (Lipinski definition) is 0. The maximum Gasteiger partial charge on any atom is 0.0644 e. The SMILES string of the molecule is c1ccc(-c2ccc(-c3ccc(N(c4ccc(-c5ccc(-c6ccc(N(c7ccc(-c8ccc(-c9ccccc9)s8)cc7)c7cccnc7)cc6)cc5)cc4)c4cccnc4)cc3)s2)cc1. The normalized spacial score (nSPS) is 11.0. The van der Waals surface area contributed by atoms with E-state index in [1.165, 1.54) is 41.8 Å². The molecule has 0 radical (unpaired) electrons. The van der Waals surface area contributed by atoms with Gasteiger partial charge in [0, 0.05) is 54.7 Å². The highest BCUT2D eigenvalue weighted by Gasteiger charge is 2.16. The van der Waals surface area contributed by atoms with Gasteiger partial charge in [0.1, 0.15) is 0 Å². The van der Waals surface area contributed by atoms with E-state index in [4.69, 9.17) is 0 Å². The molecule has 0 bridgehead atoms. The summed E-state index contributed by atoms with van der Waals surface area (Å²) in [6.45, 7) is 0. The van der Waals surface area contributed by atoms with Crippen molar-refractivity contribution in [3.05, 3.63) is 255 Å². The van der Waals surface area contributed by atoms with E-state index in [0.717, 1.165) is 56.4 Å². The van der Waals surface area contributed by atoms with Crippen molar-refractivity contribution < 1.29 is 0 Å². The molecule has 6 heteroatoms. The highest BCUT2D eigenvalue weighted by Crippen LogP contribution is 2.41. The molecule has 0 spiro atoms. The van der Waals surface area contributed by atoms with E-state index < -0.39 is 0 Å². The van der Waals surface area contributed by atoms with E-state index in [2.05, 4.69) is 238 Å². The third-order valence-corrected chi connectivity index (χ3v) is 14.1. The standard InChI is InChI=1S/C60H42N4S2/c1-3-9-47(10-4-1)57-35-37-59(65-57)49-23-31-53(32-24-49)63(55-13-7-39-61-41-55)51-27-19-45(20-28-51)43-15-17-44(18-16-43)46-21-29-52(30-22-46)64(56-14-8-40-62-42-56)54-33-25-50(26-34-54)60-38-36-58(66-60)48-11-5-2-6-12-48/h1-42H. The summed E-state index contributed by atoms with van der Waals surface area (Å²) in [5.41, 5.74) is 15.8. The molecule has 314 valence electrons. The van der Waals surface area contributed by atoms with Crippen molar-refractivity contribution >= 4 is 56.8 Å². The van der Waals surface area contributed by atoms with Gasteiger partial charge in [-0.3, -0.25) is 9.97 Å². The molecule has 7 aromatic carbocycles. The monoisotopic (exact) mass is 882 g/mol. The molecule has 0 aliphatic heterocycles. The Bertz CT molecular complexity index is 3070. The first-order valence-corrected chi connectivity index (χ1v) is 23.6. The van der Waals surface area contributed by atoms with Crippen LogP contribution in [0.1, 0.15) is 0 Å². The van der Waals surface area contributed by atoms with Gasteiger partial charge in [0.25, 0.3) is 0 Å². The predicted molar refractivity (Wildman–Crippen MR) is 280 cm³/mol. The number of thiophene rings is 2. The second kappa shape index (κ2) is 18.5. The zero-order chi connectivity index (χ0) is 44.1. The van der Waals surface area contributed by atoms with Gasteiger partial charge in [-0.15, -0.1) is 22.7 Å². The van der Waals surface area contributed by atoms with Gasteiger partial charge in [-0.05, 0) is 142 Å². The van der Waals surface area contributed by atoms with Crippen LogP contribution >= 0.6 is 22.7 Å². The first kappa shape index (κ1) is 40.6. The number of benzene rings is 7. The van der Waals surface area contributed by atoms with Gasteiger partial charge < -0.3 is 9.80 Å². The molecule has 0 atom stereocenters. The van der Waals surface area contributed by atoms with Crippen molar-refractivity contribution in [2.45, 2.75) is 0 Å². The molecule has 0 aliphatic rings. The maximum absolute atomic E-state index is 4.47. The van der Waals surface area contributed by atoms with Crippen molar-refractivity contribution in [1.82, 2.24) is 9.97 Å². The summed E-state index contributed by atoms with van der Waals surface area (Å²) < 4.78 is 0. The summed E-state index contributed by atoms with van der Waals surface area (Å²) in [4.78, 5) is 18.5. The predicted octanol–water partition coefficient (Wildman–Crippen LogP) is 17.5. The Kier molecular flexibility index (Phi) is 11.4. The van der Waals surface area contributed by atoms with Crippen LogP contribution in [-0.2, 0) is 0 Å². The topological polar surface area (TPSA) is 32.3 Å². The number of rotatable bonds is 12. The van der Waals surface area contributed by atoms with Crippen molar-refractivity contribution in [2.75, 3.05) is 9.80 Å². The first-order valence-electron chi connectivity index (χ1n) is 21.9. The fraction of sp³-hybridized carbons (Fsp3) is 0. The maximum atomic E-state index is 4.47. The number of nitrogens with zero attached hydrogens (tertiary/aromatic N) is 4. The molecule has 0 amide bonds. The van der Waals surface area contributed by atoms with Crippen molar-refractivity contribution in [2.24, 2.45) is 0 Å². The molecule has 11 rings (SSSR count).